The number of para-hydroxylation sites is 1. The second kappa shape index (κ2) is 9.17. The first kappa shape index (κ1) is 23.6. The number of hydrogen-bond donors (Lipinski definition) is 4. The lowest BCUT2D eigenvalue weighted by atomic mass is 10.0. The number of anilines is 2. The molecule has 12 nitrogen and oxygen atoms in total. The average molecular weight is 490 g/mol. The Morgan fingerprint density at radius 2 is 2.09 bits per heavy atom. The minimum atomic E-state index is -1.21. The molecule has 2 aliphatic rings. The molecule has 5 N–H and O–H groups in total. The molecular weight excluding hydrogens is 463 g/mol. The minimum absolute atomic E-state index is 0.0446. The summed E-state index contributed by atoms with van der Waals surface area (Å²) in [6, 6.07) is 6.55. The van der Waals surface area contributed by atoms with Crippen molar-refractivity contribution in [1.29, 1.82) is 0 Å². The highest BCUT2D eigenvalue weighted by Gasteiger charge is 2.50. The van der Waals surface area contributed by atoms with E-state index in [1.165, 1.54) is 24.1 Å². The molecule has 188 valence electrons. The number of piperidine rings is 1. The number of fused-ring (bicyclic) bond motifs is 1. The number of H-pyrrole nitrogens is 1. The van der Waals surface area contributed by atoms with Gasteiger partial charge in [0.05, 0.1) is 18.6 Å². The lowest BCUT2D eigenvalue weighted by Crippen LogP contribution is -2.52. The first-order valence-corrected chi connectivity index (χ1v) is 11.2. The quantitative estimate of drug-likeness (QED) is 0.349. The van der Waals surface area contributed by atoms with E-state index >= 15 is 0 Å². The van der Waals surface area contributed by atoms with E-state index in [2.05, 4.69) is 15.0 Å². The predicted molar refractivity (Wildman–Crippen MR) is 122 cm³/mol. The molecule has 0 spiro atoms. The van der Waals surface area contributed by atoms with Crippen LogP contribution in [0.4, 0.5) is 16.0 Å². The number of aliphatic hydroxyl groups excluding tert-OH is 2. The number of hydrogen-bond acceptors (Lipinski definition) is 10. The van der Waals surface area contributed by atoms with Crippen LogP contribution in [-0.2, 0) is 14.2 Å². The molecule has 2 aliphatic heterocycles. The number of aromatic amines is 1. The average Bonchev–Trinajstić information content (AvgIpc) is 3.41. The van der Waals surface area contributed by atoms with Crippen LogP contribution in [0, 0.1) is 5.82 Å². The maximum absolute atomic E-state index is 14.3. The number of nitrogens with one attached hydrogen (secondary N) is 1. The van der Waals surface area contributed by atoms with E-state index in [1.807, 2.05) is 4.90 Å². The normalized spacial score (nSPS) is 26.5. The Morgan fingerprint density at radius 1 is 1.34 bits per heavy atom. The highest BCUT2D eigenvalue weighted by Crippen LogP contribution is 2.39. The molecule has 0 bridgehead atoms. The second-order valence-electron chi connectivity index (χ2n) is 8.65. The lowest BCUT2D eigenvalue weighted by molar-refractivity contribution is -0.275. The third-order valence-electron chi connectivity index (χ3n) is 6.66. The Hall–Kier alpha value is -3.10. The number of halogens is 1. The number of methoxy groups -OCH3 is 1. The standard InChI is InChI=1S/C22H27FN6O6/c1-33-22(6-8-28(9-7-22)13-5-3-2-4-12(13)23)35-17-16(31)14(10-30)34-20(17)29-11-25-15-18(29)26-21(24)27-19(15)32/h2-5,11,14,16-17,20,30-31H,6-10H2,1H3,(H3,24,26,27,32)/t14-,16-,17-,20-/m1/s1. The fraction of sp³-hybridized carbons (Fsp3) is 0.500. The molecule has 1 aromatic carbocycles. The van der Waals surface area contributed by atoms with Crippen molar-refractivity contribution in [3.05, 3.63) is 46.8 Å². The van der Waals surface area contributed by atoms with Crippen LogP contribution in [-0.4, -0.2) is 80.6 Å². The molecule has 13 heteroatoms. The summed E-state index contributed by atoms with van der Waals surface area (Å²) in [7, 11) is 1.51. The summed E-state index contributed by atoms with van der Waals surface area (Å²) in [5.74, 6) is -1.51. The van der Waals surface area contributed by atoms with Gasteiger partial charge in [0, 0.05) is 33.0 Å². The van der Waals surface area contributed by atoms with Gasteiger partial charge in [0.15, 0.2) is 23.2 Å². The van der Waals surface area contributed by atoms with Gasteiger partial charge in [0.1, 0.15) is 24.1 Å². The van der Waals surface area contributed by atoms with Crippen molar-refractivity contribution in [3.8, 4) is 0 Å². The van der Waals surface area contributed by atoms with Crippen molar-refractivity contribution in [1.82, 2.24) is 19.5 Å². The van der Waals surface area contributed by atoms with Crippen molar-refractivity contribution >= 4 is 22.8 Å². The Labute approximate surface area is 199 Å². The molecule has 0 radical (unpaired) electrons. The molecule has 4 atom stereocenters. The van der Waals surface area contributed by atoms with Crippen LogP contribution < -0.4 is 16.2 Å². The van der Waals surface area contributed by atoms with Gasteiger partial charge in [-0.2, -0.15) is 4.98 Å². The predicted octanol–water partition coefficient (Wildman–Crippen LogP) is 0.120. The lowest BCUT2D eigenvalue weighted by Gasteiger charge is -2.43. The summed E-state index contributed by atoms with van der Waals surface area (Å²) in [6.45, 7) is 0.448. The van der Waals surface area contributed by atoms with Gasteiger partial charge in [-0.3, -0.25) is 14.3 Å². The van der Waals surface area contributed by atoms with E-state index in [1.54, 1.807) is 18.2 Å². The number of ether oxygens (including phenoxy) is 3. The molecule has 2 fully saturated rings. The van der Waals surface area contributed by atoms with Gasteiger partial charge in [-0.05, 0) is 12.1 Å². The van der Waals surface area contributed by atoms with Gasteiger partial charge in [-0.15, -0.1) is 0 Å². The fourth-order valence-corrected chi connectivity index (χ4v) is 4.76. The highest BCUT2D eigenvalue weighted by molar-refractivity contribution is 5.70. The molecule has 0 amide bonds. The number of nitrogen functional groups attached to an aromatic ring is 1. The molecule has 3 aromatic rings. The summed E-state index contributed by atoms with van der Waals surface area (Å²) in [5.41, 5.74) is 5.88. The monoisotopic (exact) mass is 490 g/mol. The third-order valence-corrected chi connectivity index (χ3v) is 6.66. The minimum Gasteiger partial charge on any atom is -0.394 e. The Bertz CT molecular complexity index is 1260. The molecule has 35 heavy (non-hydrogen) atoms. The number of nitrogens with zero attached hydrogens (tertiary/aromatic N) is 4. The van der Waals surface area contributed by atoms with Gasteiger partial charge < -0.3 is 35.1 Å². The number of aliphatic hydroxyl groups is 2. The molecule has 0 unspecified atom stereocenters. The summed E-state index contributed by atoms with van der Waals surface area (Å²) in [5, 5.41) is 20.7. The van der Waals surface area contributed by atoms with Crippen molar-refractivity contribution in [3.63, 3.8) is 0 Å². The molecule has 4 heterocycles. The SMILES string of the molecule is COC1(O[C@@H]2[C@H](O)[C@@H](CO)O[C@H]2n2cnc3c(=O)[nH]c(N)nc32)CCN(c2ccccc2F)CC1. The van der Waals surface area contributed by atoms with E-state index < -0.39 is 42.5 Å². The number of aromatic nitrogens is 4. The van der Waals surface area contributed by atoms with Gasteiger partial charge in [-0.25, -0.2) is 9.37 Å². The maximum atomic E-state index is 14.3. The fourth-order valence-electron chi connectivity index (χ4n) is 4.76. The smallest absolute Gasteiger partial charge is 0.280 e. The van der Waals surface area contributed by atoms with E-state index in [9.17, 15) is 19.4 Å². The van der Waals surface area contributed by atoms with Crippen LogP contribution in [0.1, 0.15) is 19.1 Å². The zero-order valence-corrected chi connectivity index (χ0v) is 19.0. The van der Waals surface area contributed by atoms with E-state index in [4.69, 9.17) is 19.9 Å². The van der Waals surface area contributed by atoms with Crippen molar-refractivity contribution < 1.29 is 28.8 Å². The van der Waals surface area contributed by atoms with E-state index in [0.717, 1.165) is 0 Å². The first-order chi connectivity index (χ1) is 16.9. The Balaban J connectivity index is 1.42. The highest BCUT2D eigenvalue weighted by atomic mass is 19.1. The number of rotatable bonds is 6. The van der Waals surface area contributed by atoms with Crippen LogP contribution in [0.15, 0.2) is 35.4 Å². The van der Waals surface area contributed by atoms with Crippen LogP contribution in [0.2, 0.25) is 0 Å². The molecule has 2 aromatic heterocycles. The van der Waals surface area contributed by atoms with Gasteiger partial charge in [-0.1, -0.05) is 12.1 Å². The van der Waals surface area contributed by atoms with Gasteiger partial charge in [0.25, 0.3) is 5.56 Å². The summed E-state index contributed by atoms with van der Waals surface area (Å²) >= 11 is 0. The summed E-state index contributed by atoms with van der Waals surface area (Å²) in [6.07, 6.45) is -2.02. The molecule has 5 rings (SSSR count). The summed E-state index contributed by atoms with van der Waals surface area (Å²) < 4.78 is 33.8. The van der Waals surface area contributed by atoms with E-state index in [-0.39, 0.29) is 22.9 Å². The molecule has 2 saturated heterocycles. The third kappa shape index (κ3) is 4.15. The van der Waals surface area contributed by atoms with Crippen molar-refractivity contribution in [2.24, 2.45) is 0 Å². The maximum Gasteiger partial charge on any atom is 0.280 e. The van der Waals surface area contributed by atoms with Crippen LogP contribution in [0.5, 0.6) is 0 Å². The first-order valence-electron chi connectivity index (χ1n) is 11.2. The largest absolute Gasteiger partial charge is 0.394 e. The van der Waals surface area contributed by atoms with Gasteiger partial charge >= 0.3 is 0 Å². The Morgan fingerprint density at radius 3 is 2.77 bits per heavy atom. The number of nitrogens with two attached hydrogens (primary N) is 1. The zero-order chi connectivity index (χ0) is 24.7. The van der Waals surface area contributed by atoms with Crippen molar-refractivity contribution in [2.45, 2.75) is 43.2 Å². The molecule has 0 aliphatic carbocycles. The number of imidazole rings is 1. The van der Waals surface area contributed by atoms with Gasteiger partial charge in [0.2, 0.25) is 5.95 Å². The topological polar surface area (TPSA) is 161 Å². The second-order valence-corrected chi connectivity index (χ2v) is 8.65. The van der Waals surface area contributed by atoms with Crippen LogP contribution in [0.25, 0.3) is 11.2 Å². The Kier molecular flexibility index (Phi) is 6.19. The summed E-state index contributed by atoms with van der Waals surface area (Å²) in [4.78, 5) is 24.8. The van der Waals surface area contributed by atoms with Crippen LogP contribution >= 0.6 is 0 Å². The van der Waals surface area contributed by atoms with Crippen LogP contribution in [0.3, 0.4) is 0 Å². The van der Waals surface area contributed by atoms with E-state index in [0.29, 0.717) is 31.6 Å². The molecular formula is C22H27FN6O6. The molecule has 0 saturated carbocycles. The number of benzene rings is 1. The van der Waals surface area contributed by atoms with Crippen molar-refractivity contribution in [2.75, 3.05) is 37.4 Å². The zero-order valence-electron chi connectivity index (χ0n) is 19.0.